The van der Waals surface area contributed by atoms with Crippen LogP contribution in [-0.2, 0) is 19.4 Å². The average Bonchev–Trinajstić information content (AvgIpc) is 2.98. The molecule has 1 saturated heterocycles. The summed E-state index contributed by atoms with van der Waals surface area (Å²) in [6.45, 7) is 7.88. The number of piperidine rings is 1. The fourth-order valence-electron chi connectivity index (χ4n) is 5.58. The lowest BCUT2D eigenvalue weighted by atomic mass is 9.80. The van der Waals surface area contributed by atoms with E-state index in [-0.39, 0.29) is 5.56 Å². The van der Waals surface area contributed by atoms with Gasteiger partial charge in [0.15, 0.2) is 0 Å². The highest BCUT2D eigenvalue weighted by atomic mass is 16.1. The van der Waals surface area contributed by atoms with Gasteiger partial charge < -0.3 is 9.88 Å². The number of hydrogen-bond donors (Lipinski definition) is 1. The van der Waals surface area contributed by atoms with Crippen molar-refractivity contribution in [1.29, 1.82) is 0 Å². The third-order valence-electron chi connectivity index (χ3n) is 7.46. The third-order valence-corrected chi connectivity index (χ3v) is 7.46. The van der Waals surface area contributed by atoms with E-state index in [1.807, 2.05) is 0 Å². The molecule has 2 aromatic rings. The summed E-state index contributed by atoms with van der Waals surface area (Å²) < 4.78 is 2.17. The largest absolute Gasteiger partial charge is 0.307 e. The average molecular weight is 383 g/mol. The van der Waals surface area contributed by atoms with E-state index >= 15 is 0 Å². The van der Waals surface area contributed by atoms with Crippen LogP contribution in [0.3, 0.4) is 0 Å². The molecule has 2 aromatic heterocycles. The lowest BCUT2D eigenvalue weighted by molar-refractivity contribution is 0.129. The summed E-state index contributed by atoms with van der Waals surface area (Å²) in [6, 6.07) is 0.606. The van der Waals surface area contributed by atoms with Gasteiger partial charge in [-0.1, -0.05) is 6.42 Å². The van der Waals surface area contributed by atoms with Crippen LogP contribution in [0.25, 0.3) is 11.0 Å². The van der Waals surface area contributed by atoms with Crippen LogP contribution in [0, 0.1) is 5.92 Å². The van der Waals surface area contributed by atoms with E-state index in [0.29, 0.717) is 17.9 Å². The molecule has 0 bridgehead atoms. The highest BCUT2D eigenvalue weighted by molar-refractivity contribution is 5.84. The summed E-state index contributed by atoms with van der Waals surface area (Å²) in [5.41, 5.74) is 4.80. The summed E-state index contributed by atoms with van der Waals surface area (Å²) in [6.07, 6.45) is 10.7. The molecule has 3 heterocycles. The molecule has 0 spiro atoms. The maximum absolute atomic E-state index is 12.8. The van der Waals surface area contributed by atoms with Crippen LogP contribution in [0.15, 0.2) is 4.79 Å². The highest BCUT2D eigenvalue weighted by Gasteiger charge is 2.30. The maximum Gasteiger partial charge on any atom is 0.253 e. The predicted molar refractivity (Wildman–Crippen MR) is 113 cm³/mol. The molecule has 28 heavy (non-hydrogen) atoms. The van der Waals surface area contributed by atoms with Gasteiger partial charge in [0.05, 0.1) is 5.69 Å². The number of hydrogen-bond acceptors (Lipinski definition) is 3. The summed E-state index contributed by atoms with van der Waals surface area (Å²) >= 11 is 0. The molecule has 152 valence electrons. The number of fused-ring (bicyclic) bond motifs is 3. The number of nitrogens with zero attached hydrogens (tertiary/aromatic N) is 3. The molecule has 1 atom stereocenters. The zero-order valence-electron chi connectivity index (χ0n) is 17.5. The highest BCUT2D eigenvalue weighted by Crippen LogP contribution is 2.41. The molecule has 1 saturated carbocycles. The van der Waals surface area contributed by atoms with E-state index < -0.39 is 0 Å². The summed E-state index contributed by atoms with van der Waals surface area (Å²) in [4.78, 5) is 18.7. The van der Waals surface area contributed by atoms with Gasteiger partial charge in [0.2, 0.25) is 0 Å². The molecule has 5 heteroatoms. The van der Waals surface area contributed by atoms with Crippen LogP contribution in [0.1, 0.15) is 81.5 Å². The third kappa shape index (κ3) is 3.12. The minimum Gasteiger partial charge on any atom is -0.307 e. The van der Waals surface area contributed by atoms with Crippen LogP contribution in [0.5, 0.6) is 0 Å². The van der Waals surface area contributed by atoms with Gasteiger partial charge >= 0.3 is 0 Å². The van der Waals surface area contributed by atoms with Gasteiger partial charge in [0.25, 0.3) is 5.56 Å². The first-order valence-corrected chi connectivity index (χ1v) is 11.5. The zero-order valence-corrected chi connectivity index (χ0v) is 17.5. The fourth-order valence-corrected chi connectivity index (χ4v) is 5.58. The van der Waals surface area contributed by atoms with Crippen LogP contribution in [0.4, 0.5) is 0 Å². The van der Waals surface area contributed by atoms with Crippen molar-refractivity contribution in [2.75, 3.05) is 13.1 Å². The van der Waals surface area contributed by atoms with E-state index in [9.17, 15) is 4.79 Å². The second-order valence-corrected chi connectivity index (χ2v) is 9.63. The molecule has 0 aromatic carbocycles. The molecule has 1 N–H and O–H groups in total. The number of likely N-dealkylation sites (tertiary alicyclic amines) is 1. The van der Waals surface area contributed by atoms with E-state index in [1.165, 1.54) is 61.7 Å². The Morgan fingerprint density at radius 1 is 1.07 bits per heavy atom. The molecule has 1 aliphatic heterocycles. The lowest BCUT2D eigenvalue weighted by Crippen LogP contribution is -2.41. The van der Waals surface area contributed by atoms with Crippen molar-refractivity contribution in [2.45, 2.75) is 90.1 Å². The minimum atomic E-state index is 0.135. The second kappa shape index (κ2) is 7.33. The molecule has 0 amide bonds. The van der Waals surface area contributed by atoms with Gasteiger partial charge in [-0.3, -0.25) is 4.79 Å². The van der Waals surface area contributed by atoms with Gasteiger partial charge in [-0.2, -0.15) is 5.10 Å². The van der Waals surface area contributed by atoms with Crippen molar-refractivity contribution >= 4 is 11.0 Å². The van der Waals surface area contributed by atoms with Crippen LogP contribution >= 0.6 is 0 Å². The number of pyridine rings is 1. The summed E-state index contributed by atoms with van der Waals surface area (Å²) in [7, 11) is 0. The first-order chi connectivity index (χ1) is 13.6. The van der Waals surface area contributed by atoms with Crippen molar-refractivity contribution in [3.05, 3.63) is 27.2 Å². The van der Waals surface area contributed by atoms with Crippen LogP contribution < -0.4 is 5.56 Å². The number of nitrogens with one attached hydrogen (secondary N) is 1. The Kier molecular flexibility index (Phi) is 4.82. The normalized spacial score (nSPS) is 23.9. The van der Waals surface area contributed by atoms with E-state index in [4.69, 9.17) is 5.10 Å². The van der Waals surface area contributed by atoms with Crippen molar-refractivity contribution in [1.82, 2.24) is 19.7 Å². The summed E-state index contributed by atoms with van der Waals surface area (Å²) in [5.74, 6) is 1.22. The van der Waals surface area contributed by atoms with E-state index in [0.717, 1.165) is 43.6 Å². The van der Waals surface area contributed by atoms with Crippen LogP contribution in [0.2, 0.25) is 0 Å². The number of rotatable bonds is 4. The quantitative estimate of drug-likeness (QED) is 0.870. The fraction of sp³-hybridized carbons (Fsp3) is 0.739. The number of aryl methyl sites for hydroxylation is 1. The Labute approximate surface area is 167 Å². The zero-order chi connectivity index (χ0) is 19.3. The van der Waals surface area contributed by atoms with Crippen LogP contribution in [-0.4, -0.2) is 38.8 Å². The standard InChI is InChI=1S/C23H34N4O/c1-15(2)26-12-6-7-16(13-26)14-27-22-20(21(25-27)17-8-5-9-17)18-10-3-4-11-19(18)23(28)24-22/h15-17H,3-14H2,1-2H3,(H,24,28). The molecule has 0 radical (unpaired) electrons. The molecule has 5 nitrogen and oxygen atoms in total. The Balaban J connectivity index is 1.55. The molecular formula is C23H34N4O. The van der Waals surface area contributed by atoms with Gasteiger partial charge in [-0.05, 0) is 83.2 Å². The molecule has 5 rings (SSSR count). The van der Waals surface area contributed by atoms with Crippen molar-refractivity contribution in [2.24, 2.45) is 5.92 Å². The number of aromatic nitrogens is 3. The predicted octanol–water partition coefficient (Wildman–Crippen LogP) is 3.99. The Morgan fingerprint density at radius 3 is 2.57 bits per heavy atom. The Bertz CT molecular complexity index is 921. The summed E-state index contributed by atoms with van der Waals surface area (Å²) in [5, 5.41) is 6.47. The van der Waals surface area contributed by atoms with E-state index in [2.05, 4.69) is 28.4 Å². The Morgan fingerprint density at radius 2 is 1.86 bits per heavy atom. The van der Waals surface area contributed by atoms with Gasteiger partial charge in [0.1, 0.15) is 5.65 Å². The molecule has 1 unspecified atom stereocenters. The van der Waals surface area contributed by atoms with E-state index in [1.54, 1.807) is 0 Å². The van der Waals surface area contributed by atoms with Crippen molar-refractivity contribution in [3.63, 3.8) is 0 Å². The van der Waals surface area contributed by atoms with Crippen molar-refractivity contribution < 1.29 is 0 Å². The number of aromatic amines is 1. The molecular weight excluding hydrogens is 348 g/mol. The van der Waals surface area contributed by atoms with Gasteiger partial charge in [0, 0.05) is 36.0 Å². The first-order valence-electron chi connectivity index (χ1n) is 11.5. The SMILES string of the molecule is CC(C)N1CCCC(Cn2nc(C3CCC3)c3c4c(c(=O)[nH]c32)CCCC4)C1. The molecule has 3 aliphatic rings. The minimum absolute atomic E-state index is 0.135. The topological polar surface area (TPSA) is 53.9 Å². The van der Waals surface area contributed by atoms with Crippen molar-refractivity contribution in [3.8, 4) is 0 Å². The van der Waals surface area contributed by atoms with Gasteiger partial charge in [-0.15, -0.1) is 0 Å². The number of H-pyrrole nitrogens is 1. The Hall–Kier alpha value is -1.62. The smallest absolute Gasteiger partial charge is 0.253 e. The van der Waals surface area contributed by atoms with Gasteiger partial charge in [-0.25, -0.2) is 4.68 Å². The monoisotopic (exact) mass is 382 g/mol. The first kappa shape index (κ1) is 18.4. The second-order valence-electron chi connectivity index (χ2n) is 9.63. The molecule has 2 fully saturated rings. The maximum atomic E-state index is 12.8. The lowest BCUT2D eigenvalue weighted by Gasteiger charge is -2.35. The molecule has 2 aliphatic carbocycles.